The van der Waals surface area contributed by atoms with Gasteiger partial charge in [-0.2, -0.15) is 5.10 Å². The molecule has 1 aliphatic rings. The highest BCUT2D eigenvalue weighted by Crippen LogP contribution is 2.24. The zero-order valence-corrected chi connectivity index (χ0v) is 13.1. The molecule has 0 amide bonds. The second-order valence-corrected chi connectivity index (χ2v) is 5.70. The van der Waals surface area contributed by atoms with Crippen molar-refractivity contribution in [1.29, 1.82) is 0 Å². The van der Waals surface area contributed by atoms with E-state index < -0.39 is 0 Å². The molecular weight excluding hydrogens is 264 g/mol. The molecule has 1 atom stereocenters. The van der Waals surface area contributed by atoms with Crippen molar-refractivity contribution in [2.24, 2.45) is 7.05 Å². The lowest BCUT2D eigenvalue weighted by Gasteiger charge is -2.22. The highest BCUT2D eigenvalue weighted by molar-refractivity contribution is 5.86. The first-order chi connectivity index (χ1) is 10.2. The van der Waals surface area contributed by atoms with Crippen molar-refractivity contribution in [3.8, 4) is 0 Å². The van der Waals surface area contributed by atoms with E-state index in [-0.39, 0.29) is 0 Å². The van der Waals surface area contributed by atoms with Gasteiger partial charge in [0, 0.05) is 19.6 Å². The standard InChI is InChI=1S/C15H24N6/c1-4-11-7-6-8-21(11)10-13-18-14(16-5-2)12-9-17-20(3)15(12)19-13/h9,11H,4-8,10H2,1-3H3,(H,16,18,19). The second-order valence-electron chi connectivity index (χ2n) is 5.70. The number of hydrogen-bond donors (Lipinski definition) is 1. The van der Waals surface area contributed by atoms with E-state index in [0.717, 1.165) is 42.3 Å². The highest BCUT2D eigenvalue weighted by Gasteiger charge is 2.24. The molecule has 1 saturated heterocycles. The van der Waals surface area contributed by atoms with Crippen molar-refractivity contribution in [3.05, 3.63) is 12.0 Å². The number of anilines is 1. The Morgan fingerprint density at radius 3 is 2.95 bits per heavy atom. The molecule has 0 aromatic carbocycles. The molecule has 114 valence electrons. The highest BCUT2D eigenvalue weighted by atomic mass is 15.3. The Kier molecular flexibility index (Phi) is 4.05. The second kappa shape index (κ2) is 5.97. The number of hydrogen-bond acceptors (Lipinski definition) is 5. The van der Waals surface area contributed by atoms with Crippen LogP contribution >= 0.6 is 0 Å². The Morgan fingerprint density at radius 2 is 2.19 bits per heavy atom. The van der Waals surface area contributed by atoms with Gasteiger partial charge in [0.2, 0.25) is 0 Å². The Morgan fingerprint density at radius 1 is 1.33 bits per heavy atom. The van der Waals surface area contributed by atoms with Crippen LogP contribution in [0.5, 0.6) is 0 Å². The van der Waals surface area contributed by atoms with Gasteiger partial charge in [0.05, 0.1) is 18.1 Å². The maximum Gasteiger partial charge on any atom is 0.163 e. The first-order valence-electron chi connectivity index (χ1n) is 7.89. The van der Waals surface area contributed by atoms with Gasteiger partial charge < -0.3 is 5.32 Å². The molecule has 3 heterocycles. The molecule has 2 aromatic rings. The molecule has 6 nitrogen and oxygen atoms in total. The smallest absolute Gasteiger partial charge is 0.163 e. The molecule has 0 radical (unpaired) electrons. The van der Waals surface area contributed by atoms with Crippen LogP contribution in [0.3, 0.4) is 0 Å². The van der Waals surface area contributed by atoms with E-state index >= 15 is 0 Å². The molecule has 0 aliphatic carbocycles. The molecule has 0 spiro atoms. The van der Waals surface area contributed by atoms with E-state index in [0.29, 0.717) is 6.04 Å². The van der Waals surface area contributed by atoms with Crippen molar-refractivity contribution in [2.75, 3.05) is 18.4 Å². The Labute approximate surface area is 125 Å². The number of nitrogens with zero attached hydrogens (tertiary/aromatic N) is 5. The monoisotopic (exact) mass is 288 g/mol. The topological polar surface area (TPSA) is 58.9 Å². The predicted octanol–water partition coefficient (Wildman–Crippen LogP) is 2.17. The first kappa shape index (κ1) is 14.3. The first-order valence-corrected chi connectivity index (χ1v) is 7.89. The molecule has 0 bridgehead atoms. The Bertz CT molecular complexity index is 620. The summed E-state index contributed by atoms with van der Waals surface area (Å²) < 4.78 is 1.82. The van der Waals surface area contributed by atoms with Crippen LogP contribution in [0, 0.1) is 0 Å². The summed E-state index contributed by atoms with van der Waals surface area (Å²) >= 11 is 0. The zero-order chi connectivity index (χ0) is 14.8. The average molecular weight is 288 g/mol. The van der Waals surface area contributed by atoms with E-state index in [2.05, 4.69) is 29.2 Å². The van der Waals surface area contributed by atoms with Crippen LogP contribution in [-0.2, 0) is 13.6 Å². The number of fused-ring (bicyclic) bond motifs is 1. The Balaban J connectivity index is 1.92. The molecule has 3 rings (SSSR count). The van der Waals surface area contributed by atoms with E-state index in [4.69, 9.17) is 9.97 Å². The van der Waals surface area contributed by atoms with E-state index in [9.17, 15) is 0 Å². The van der Waals surface area contributed by atoms with Crippen LogP contribution in [-0.4, -0.2) is 43.8 Å². The Hall–Kier alpha value is -1.69. The van der Waals surface area contributed by atoms with Gasteiger partial charge in [-0.05, 0) is 32.7 Å². The molecule has 1 N–H and O–H groups in total. The van der Waals surface area contributed by atoms with Gasteiger partial charge in [-0.25, -0.2) is 9.97 Å². The average Bonchev–Trinajstić information content (AvgIpc) is 3.07. The lowest BCUT2D eigenvalue weighted by atomic mass is 10.2. The quantitative estimate of drug-likeness (QED) is 0.913. The number of aryl methyl sites for hydroxylation is 1. The normalized spacial score (nSPS) is 19.5. The zero-order valence-electron chi connectivity index (χ0n) is 13.1. The van der Waals surface area contributed by atoms with Crippen molar-refractivity contribution in [3.63, 3.8) is 0 Å². The molecule has 21 heavy (non-hydrogen) atoms. The third-order valence-corrected chi connectivity index (χ3v) is 4.30. The summed E-state index contributed by atoms with van der Waals surface area (Å²) in [6.07, 6.45) is 5.62. The summed E-state index contributed by atoms with van der Waals surface area (Å²) in [7, 11) is 1.93. The molecule has 6 heteroatoms. The van der Waals surface area contributed by atoms with E-state index in [1.807, 2.05) is 17.9 Å². The lowest BCUT2D eigenvalue weighted by molar-refractivity contribution is 0.234. The van der Waals surface area contributed by atoms with Crippen LogP contribution < -0.4 is 5.32 Å². The molecule has 1 fully saturated rings. The van der Waals surface area contributed by atoms with Gasteiger partial charge in [0.1, 0.15) is 11.6 Å². The van der Waals surface area contributed by atoms with Gasteiger partial charge in [-0.15, -0.1) is 0 Å². The lowest BCUT2D eigenvalue weighted by Crippen LogP contribution is -2.29. The maximum absolute atomic E-state index is 4.72. The molecule has 0 saturated carbocycles. The molecule has 1 aliphatic heterocycles. The summed E-state index contributed by atoms with van der Waals surface area (Å²) in [4.78, 5) is 11.9. The van der Waals surface area contributed by atoms with Gasteiger partial charge >= 0.3 is 0 Å². The third-order valence-electron chi connectivity index (χ3n) is 4.30. The number of aromatic nitrogens is 4. The fourth-order valence-corrected chi connectivity index (χ4v) is 3.19. The van der Waals surface area contributed by atoms with Gasteiger partial charge in [0.15, 0.2) is 5.65 Å². The van der Waals surface area contributed by atoms with Gasteiger partial charge in [0.25, 0.3) is 0 Å². The van der Waals surface area contributed by atoms with Crippen LogP contribution in [0.2, 0.25) is 0 Å². The minimum Gasteiger partial charge on any atom is -0.370 e. The summed E-state index contributed by atoms with van der Waals surface area (Å²) in [6, 6.07) is 0.679. The fourth-order valence-electron chi connectivity index (χ4n) is 3.19. The van der Waals surface area contributed by atoms with Crippen molar-refractivity contribution >= 4 is 16.9 Å². The fraction of sp³-hybridized carbons (Fsp3) is 0.667. The maximum atomic E-state index is 4.72. The minimum atomic E-state index is 0.679. The van der Waals surface area contributed by atoms with E-state index in [1.54, 1.807) is 0 Å². The minimum absolute atomic E-state index is 0.679. The van der Waals surface area contributed by atoms with Crippen LogP contribution in [0.4, 0.5) is 5.82 Å². The van der Waals surface area contributed by atoms with Crippen molar-refractivity contribution in [2.45, 2.75) is 45.7 Å². The summed E-state index contributed by atoms with van der Waals surface area (Å²) in [5, 5.41) is 8.63. The number of likely N-dealkylation sites (tertiary alicyclic amines) is 1. The predicted molar refractivity (Wildman–Crippen MR) is 84.2 cm³/mol. The van der Waals surface area contributed by atoms with Gasteiger partial charge in [-0.3, -0.25) is 9.58 Å². The van der Waals surface area contributed by atoms with Crippen LogP contribution in [0.15, 0.2) is 6.20 Å². The van der Waals surface area contributed by atoms with Crippen LogP contribution in [0.25, 0.3) is 11.0 Å². The van der Waals surface area contributed by atoms with Gasteiger partial charge in [-0.1, -0.05) is 6.92 Å². The third kappa shape index (κ3) is 2.72. The van der Waals surface area contributed by atoms with E-state index in [1.165, 1.54) is 19.3 Å². The number of nitrogens with one attached hydrogen (secondary N) is 1. The van der Waals surface area contributed by atoms with Crippen molar-refractivity contribution < 1.29 is 0 Å². The van der Waals surface area contributed by atoms with Crippen molar-refractivity contribution in [1.82, 2.24) is 24.6 Å². The molecule has 1 unspecified atom stereocenters. The SMILES string of the molecule is CCNc1nc(CN2CCCC2CC)nc2c1cnn2C. The summed E-state index contributed by atoms with van der Waals surface area (Å²) in [5.74, 6) is 1.79. The van der Waals surface area contributed by atoms with Crippen LogP contribution in [0.1, 0.15) is 38.9 Å². The molecular formula is C15H24N6. The number of rotatable bonds is 5. The summed E-state index contributed by atoms with van der Waals surface area (Å²) in [5.41, 5.74) is 0.906. The largest absolute Gasteiger partial charge is 0.370 e. The molecule has 2 aromatic heterocycles. The summed E-state index contributed by atoms with van der Waals surface area (Å²) in [6.45, 7) is 7.18.